The van der Waals surface area contributed by atoms with Gasteiger partial charge in [-0.2, -0.15) is 0 Å². The molecule has 1 rings (SSSR count). The van der Waals surface area contributed by atoms with Gasteiger partial charge in [0.2, 0.25) is 0 Å². The molecule has 2 unspecified atom stereocenters. The number of hydrogen-bond acceptors (Lipinski definition) is 1. The highest BCUT2D eigenvalue weighted by Crippen LogP contribution is 2.45. The van der Waals surface area contributed by atoms with E-state index in [-0.39, 0.29) is 11.5 Å². The van der Waals surface area contributed by atoms with E-state index in [2.05, 4.69) is 20.8 Å². The van der Waals surface area contributed by atoms with E-state index >= 15 is 0 Å². The normalized spacial score (nSPS) is 41.2. The molecule has 0 amide bonds. The monoisotopic (exact) mass is 169 g/mol. The molecule has 0 aromatic heterocycles. The van der Waals surface area contributed by atoms with E-state index in [4.69, 9.17) is 11.5 Å². The fourth-order valence-electron chi connectivity index (χ4n) is 2.79. The standard InChI is InChI=1S/C10H21N2/c1-9(2)4-8(12)5-10(3,6-9)7-11/h8,12H,4-7,11H2,1-3H3. The molecule has 0 saturated heterocycles. The predicted octanol–water partition coefficient (Wildman–Crippen LogP) is 1.81. The molecule has 0 aromatic carbocycles. The summed E-state index contributed by atoms with van der Waals surface area (Å²) in [5.74, 6) is 0. The van der Waals surface area contributed by atoms with Crippen LogP contribution in [0, 0.1) is 10.8 Å². The predicted molar refractivity (Wildman–Crippen MR) is 51.7 cm³/mol. The van der Waals surface area contributed by atoms with Crippen LogP contribution in [0.15, 0.2) is 0 Å². The smallest absolute Gasteiger partial charge is 0.0223 e. The van der Waals surface area contributed by atoms with Crippen molar-refractivity contribution in [3.8, 4) is 0 Å². The van der Waals surface area contributed by atoms with E-state index in [0.29, 0.717) is 5.41 Å². The van der Waals surface area contributed by atoms with Crippen molar-refractivity contribution in [1.29, 1.82) is 0 Å². The largest absolute Gasteiger partial charge is 0.330 e. The Labute approximate surface area is 75.7 Å². The third kappa shape index (κ3) is 2.20. The van der Waals surface area contributed by atoms with Gasteiger partial charge in [0.1, 0.15) is 0 Å². The molecule has 0 bridgehead atoms. The summed E-state index contributed by atoms with van der Waals surface area (Å²) in [7, 11) is 0. The molecule has 1 fully saturated rings. The van der Waals surface area contributed by atoms with Crippen molar-refractivity contribution in [2.75, 3.05) is 6.54 Å². The number of hydrogen-bond donors (Lipinski definition) is 1. The van der Waals surface area contributed by atoms with Crippen molar-refractivity contribution in [2.45, 2.75) is 46.1 Å². The van der Waals surface area contributed by atoms with Crippen LogP contribution >= 0.6 is 0 Å². The quantitative estimate of drug-likeness (QED) is 0.639. The summed E-state index contributed by atoms with van der Waals surface area (Å²) in [4.78, 5) is 0. The summed E-state index contributed by atoms with van der Waals surface area (Å²) < 4.78 is 0. The molecule has 0 heterocycles. The molecule has 1 radical (unpaired) electrons. The second kappa shape index (κ2) is 3.00. The van der Waals surface area contributed by atoms with Crippen molar-refractivity contribution < 1.29 is 0 Å². The van der Waals surface area contributed by atoms with Gasteiger partial charge in [-0.25, -0.2) is 0 Å². The molecule has 3 N–H and O–H groups in total. The highest BCUT2D eigenvalue weighted by Gasteiger charge is 2.39. The molecular weight excluding hydrogens is 148 g/mol. The molecule has 2 atom stereocenters. The van der Waals surface area contributed by atoms with E-state index in [1.54, 1.807) is 0 Å². The molecule has 0 spiro atoms. The fourth-order valence-corrected chi connectivity index (χ4v) is 2.79. The van der Waals surface area contributed by atoms with Crippen LogP contribution in [0.2, 0.25) is 0 Å². The van der Waals surface area contributed by atoms with Crippen LogP contribution in [0.3, 0.4) is 0 Å². The van der Waals surface area contributed by atoms with Gasteiger partial charge in [0.05, 0.1) is 0 Å². The summed E-state index contributed by atoms with van der Waals surface area (Å²) in [6, 6.07) is 0.0994. The molecule has 1 aliphatic rings. The van der Waals surface area contributed by atoms with Crippen LogP contribution < -0.4 is 11.5 Å². The van der Waals surface area contributed by atoms with Crippen LogP contribution in [0.25, 0.3) is 0 Å². The minimum absolute atomic E-state index is 0.0994. The molecule has 71 valence electrons. The maximum Gasteiger partial charge on any atom is 0.0223 e. The Kier molecular flexibility index (Phi) is 2.50. The van der Waals surface area contributed by atoms with Gasteiger partial charge >= 0.3 is 0 Å². The van der Waals surface area contributed by atoms with E-state index in [9.17, 15) is 0 Å². The number of nitrogens with one attached hydrogen (secondary N) is 1. The summed E-state index contributed by atoms with van der Waals surface area (Å²) in [5.41, 5.74) is 14.1. The lowest BCUT2D eigenvalue weighted by Crippen LogP contribution is -2.42. The van der Waals surface area contributed by atoms with Crippen molar-refractivity contribution in [1.82, 2.24) is 5.73 Å². The summed E-state index contributed by atoms with van der Waals surface area (Å²) in [5, 5.41) is 0. The second-order valence-electron chi connectivity index (χ2n) is 5.46. The molecule has 2 heteroatoms. The zero-order valence-corrected chi connectivity index (χ0v) is 8.48. The van der Waals surface area contributed by atoms with Crippen molar-refractivity contribution in [3.05, 3.63) is 0 Å². The minimum atomic E-state index is 0.0994. The average Bonchev–Trinajstić information content (AvgIpc) is 1.82. The number of rotatable bonds is 1. The SMILES string of the molecule is CC1(C)CC([NH])CC(C)(CN)C1. The highest BCUT2D eigenvalue weighted by atomic mass is 14.7. The van der Waals surface area contributed by atoms with Gasteiger partial charge in [-0.05, 0) is 36.6 Å². The molecule has 0 aliphatic heterocycles. The van der Waals surface area contributed by atoms with Gasteiger partial charge in [0.15, 0.2) is 0 Å². The molecular formula is C10H21N2. The Morgan fingerprint density at radius 2 is 1.92 bits per heavy atom. The second-order valence-corrected chi connectivity index (χ2v) is 5.46. The van der Waals surface area contributed by atoms with Gasteiger partial charge in [-0.15, -0.1) is 0 Å². The third-order valence-corrected chi connectivity index (χ3v) is 2.94. The van der Waals surface area contributed by atoms with Crippen LogP contribution in [0.4, 0.5) is 0 Å². The first-order chi connectivity index (χ1) is 5.37. The lowest BCUT2D eigenvalue weighted by Gasteiger charge is -2.44. The number of nitrogens with two attached hydrogens (primary N) is 1. The maximum absolute atomic E-state index is 7.83. The first-order valence-electron chi connectivity index (χ1n) is 4.78. The molecule has 12 heavy (non-hydrogen) atoms. The molecule has 0 aromatic rings. The highest BCUT2D eigenvalue weighted by molar-refractivity contribution is 4.93. The van der Waals surface area contributed by atoms with Crippen molar-refractivity contribution in [2.24, 2.45) is 16.6 Å². The third-order valence-electron chi connectivity index (χ3n) is 2.94. The van der Waals surface area contributed by atoms with Crippen LogP contribution in [0.1, 0.15) is 40.0 Å². The summed E-state index contributed by atoms with van der Waals surface area (Å²) in [6.07, 6.45) is 3.18. The lowest BCUT2D eigenvalue weighted by molar-refractivity contribution is 0.0881. The zero-order valence-electron chi connectivity index (χ0n) is 8.48. The van der Waals surface area contributed by atoms with E-state index < -0.39 is 0 Å². The first kappa shape index (κ1) is 10.0. The van der Waals surface area contributed by atoms with Gasteiger partial charge in [-0.1, -0.05) is 20.8 Å². The van der Waals surface area contributed by atoms with Crippen molar-refractivity contribution >= 4 is 0 Å². The molecule has 1 aliphatic carbocycles. The summed E-state index contributed by atoms with van der Waals surface area (Å²) >= 11 is 0. The average molecular weight is 169 g/mol. The van der Waals surface area contributed by atoms with Crippen LogP contribution in [-0.2, 0) is 0 Å². The van der Waals surface area contributed by atoms with Crippen LogP contribution in [-0.4, -0.2) is 12.6 Å². The summed E-state index contributed by atoms with van der Waals surface area (Å²) in [6.45, 7) is 7.45. The minimum Gasteiger partial charge on any atom is -0.330 e. The van der Waals surface area contributed by atoms with Gasteiger partial charge in [0.25, 0.3) is 0 Å². The van der Waals surface area contributed by atoms with E-state index in [1.165, 1.54) is 6.42 Å². The molecule has 2 nitrogen and oxygen atoms in total. The van der Waals surface area contributed by atoms with Gasteiger partial charge < -0.3 is 5.73 Å². The maximum atomic E-state index is 7.83. The topological polar surface area (TPSA) is 49.8 Å². The van der Waals surface area contributed by atoms with E-state index in [1.807, 2.05) is 0 Å². The van der Waals surface area contributed by atoms with E-state index in [0.717, 1.165) is 19.4 Å². The Hall–Kier alpha value is -0.0800. The molecule has 1 saturated carbocycles. The Balaban J connectivity index is 2.70. The zero-order chi connectivity index (χ0) is 9.41. The fraction of sp³-hybridized carbons (Fsp3) is 1.00. The Morgan fingerprint density at radius 3 is 2.33 bits per heavy atom. The van der Waals surface area contributed by atoms with Crippen molar-refractivity contribution in [3.63, 3.8) is 0 Å². The van der Waals surface area contributed by atoms with Gasteiger partial charge in [-0.3, -0.25) is 5.73 Å². The first-order valence-corrected chi connectivity index (χ1v) is 4.78. The Bertz CT molecular complexity index is 165. The van der Waals surface area contributed by atoms with Crippen LogP contribution in [0.5, 0.6) is 0 Å². The lowest BCUT2D eigenvalue weighted by atomic mass is 9.63. The Morgan fingerprint density at radius 1 is 1.33 bits per heavy atom. The van der Waals surface area contributed by atoms with Gasteiger partial charge in [0, 0.05) is 6.04 Å².